The third kappa shape index (κ3) is 4.09. The fourth-order valence-electron chi connectivity index (χ4n) is 3.04. The summed E-state index contributed by atoms with van der Waals surface area (Å²) < 4.78 is 7.60. The minimum absolute atomic E-state index is 0.0896. The number of hydrogen-bond donors (Lipinski definition) is 1. The van der Waals surface area contributed by atoms with Crippen LogP contribution in [0.5, 0.6) is 5.75 Å². The molecule has 130 valence electrons. The third-order valence-corrected chi connectivity index (χ3v) is 4.35. The van der Waals surface area contributed by atoms with E-state index in [-0.39, 0.29) is 6.04 Å². The molecule has 4 heteroatoms. The summed E-state index contributed by atoms with van der Waals surface area (Å²) in [5.74, 6) is 0.868. The summed E-state index contributed by atoms with van der Waals surface area (Å²) in [5, 5.41) is 3.68. The monoisotopic (exact) mass is 335 g/mol. The van der Waals surface area contributed by atoms with Crippen LogP contribution >= 0.6 is 0 Å². The summed E-state index contributed by atoms with van der Waals surface area (Å²) in [6, 6.07) is 19.2. The van der Waals surface area contributed by atoms with Crippen molar-refractivity contribution in [2.24, 2.45) is 0 Å². The van der Waals surface area contributed by atoms with Gasteiger partial charge in [0.2, 0.25) is 0 Å². The first kappa shape index (κ1) is 17.2. The standard InChI is InChI=1S/C21H25N3O/c1-16(2)24-15-22-13-19(24)14-23-21(17-8-5-4-6-9-17)18-10-7-11-20(12-18)25-3/h4-13,15-16,21,23H,14H2,1-3H3. The molecule has 1 heterocycles. The average molecular weight is 335 g/mol. The molecule has 0 radical (unpaired) electrons. The van der Waals surface area contributed by atoms with Gasteiger partial charge in [-0.2, -0.15) is 0 Å². The minimum Gasteiger partial charge on any atom is -0.497 e. The second-order valence-corrected chi connectivity index (χ2v) is 6.39. The number of nitrogens with one attached hydrogen (secondary N) is 1. The maximum atomic E-state index is 5.40. The largest absolute Gasteiger partial charge is 0.497 e. The van der Waals surface area contributed by atoms with Gasteiger partial charge in [0.15, 0.2) is 0 Å². The van der Waals surface area contributed by atoms with Gasteiger partial charge < -0.3 is 14.6 Å². The van der Waals surface area contributed by atoms with Crippen LogP contribution in [0.25, 0.3) is 0 Å². The van der Waals surface area contributed by atoms with E-state index in [0.29, 0.717) is 6.04 Å². The van der Waals surface area contributed by atoms with Crippen molar-refractivity contribution < 1.29 is 4.74 Å². The van der Waals surface area contributed by atoms with Crippen LogP contribution in [0.2, 0.25) is 0 Å². The lowest BCUT2D eigenvalue weighted by Crippen LogP contribution is -2.23. The Labute approximate surface area is 149 Å². The van der Waals surface area contributed by atoms with Crippen molar-refractivity contribution in [1.29, 1.82) is 0 Å². The van der Waals surface area contributed by atoms with E-state index in [1.807, 2.05) is 30.7 Å². The first-order chi connectivity index (χ1) is 12.2. The van der Waals surface area contributed by atoms with Crippen molar-refractivity contribution in [3.05, 3.63) is 83.9 Å². The van der Waals surface area contributed by atoms with E-state index in [1.54, 1.807) is 7.11 Å². The minimum atomic E-state index is 0.0896. The number of aromatic nitrogens is 2. The molecule has 0 aliphatic rings. The third-order valence-electron chi connectivity index (χ3n) is 4.35. The molecule has 3 rings (SSSR count). The fraction of sp³-hybridized carbons (Fsp3) is 0.286. The molecule has 0 fully saturated rings. The smallest absolute Gasteiger partial charge is 0.119 e. The van der Waals surface area contributed by atoms with Gasteiger partial charge in [0.1, 0.15) is 5.75 Å². The fourth-order valence-corrected chi connectivity index (χ4v) is 3.04. The lowest BCUT2D eigenvalue weighted by atomic mass is 9.98. The Bertz CT molecular complexity index is 796. The van der Waals surface area contributed by atoms with Gasteiger partial charge in [-0.05, 0) is 37.1 Å². The van der Waals surface area contributed by atoms with Crippen molar-refractivity contribution in [3.63, 3.8) is 0 Å². The van der Waals surface area contributed by atoms with Crippen LogP contribution in [0.3, 0.4) is 0 Å². The number of ether oxygens (including phenoxy) is 1. The molecule has 2 aromatic carbocycles. The van der Waals surface area contributed by atoms with Crippen LogP contribution in [0, 0.1) is 0 Å². The van der Waals surface area contributed by atoms with E-state index in [4.69, 9.17) is 4.74 Å². The van der Waals surface area contributed by atoms with E-state index in [0.717, 1.165) is 12.3 Å². The van der Waals surface area contributed by atoms with Crippen molar-refractivity contribution in [2.45, 2.75) is 32.5 Å². The van der Waals surface area contributed by atoms with Gasteiger partial charge in [0, 0.05) is 18.8 Å². The van der Waals surface area contributed by atoms with Gasteiger partial charge in [0.25, 0.3) is 0 Å². The zero-order chi connectivity index (χ0) is 17.6. The Hall–Kier alpha value is -2.59. The first-order valence-electron chi connectivity index (χ1n) is 8.62. The average Bonchev–Trinajstić information content (AvgIpc) is 3.12. The quantitative estimate of drug-likeness (QED) is 0.697. The molecular formula is C21H25N3O. The van der Waals surface area contributed by atoms with Gasteiger partial charge >= 0.3 is 0 Å². The zero-order valence-corrected chi connectivity index (χ0v) is 15.0. The van der Waals surface area contributed by atoms with Crippen molar-refractivity contribution in [3.8, 4) is 5.75 Å². The maximum Gasteiger partial charge on any atom is 0.119 e. The molecule has 0 bridgehead atoms. The number of imidazole rings is 1. The van der Waals surface area contributed by atoms with Crippen molar-refractivity contribution >= 4 is 0 Å². The van der Waals surface area contributed by atoms with Crippen molar-refractivity contribution in [1.82, 2.24) is 14.9 Å². The molecule has 0 aliphatic carbocycles. The van der Waals surface area contributed by atoms with Crippen LogP contribution in [-0.2, 0) is 6.54 Å². The van der Waals surface area contributed by atoms with Crippen LogP contribution in [0.4, 0.5) is 0 Å². The Morgan fingerprint density at radius 3 is 2.52 bits per heavy atom. The number of methoxy groups -OCH3 is 1. The lowest BCUT2D eigenvalue weighted by Gasteiger charge is -2.21. The van der Waals surface area contributed by atoms with Gasteiger partial charge in [0.05, 0.1) is 25.2 Å². The summed E-state index contributed by atoms with van der Waals surface area (Å²) in [4.78, 5) is 4.30. The summed E-state index contributed by atoms with van der Waals surface area (Å²) in [6.07, 6.45) is 3.82. The van der Waals surface area contributed by atoms with E-state index in [2.05, 4.69) is 65.1 Å². The van der Waals surface area contributed by atoms with Crippen LogP contribution in [0.1, 0.15) is 42.8 Å². The Balaban J connectivity index is 1.88. The van der Waals surface area contributed by atoms with Gasteiger partial charge in [-0.25, -0.2) is 4.98 Å². The molecule has 0 amide bonds. The van der Waals surface area contributed by atoms with E-state index < -0.39 is 0 Å². The molecule has 1 atom stereocenters. The molecule has 0 aliphatic heterocycles. The van der Waals surface area contributed by atoms with Gasteiger partial charge in [-0.3, -0.25) is 0 Å². The summed E-state index contributed by atoms with van der Waals surface area (Å²) in [6.45, 7) is 5.08. The highest BCUT2D eigenvalue weighted by atomic mass is 16.5. The molecule has 4 nitrogen and oxygen atoms in total. The molecular weight excluding hydrogens is 310 g/mol. The highest BCUT2D eigenvalue weighted by Gasteiger charge is 2.15. The van der Waals surface area contributed by atoms with Gasteiger partial charge in [-0.15, -0.1) is 0 Å². The summed E-state index contributed by atoms with van der Waals surface area (Å²) in [5.41, 5.74) is 3.59. The second-order valence-electron chi connectivity index (χ2n) is 6.39. The number of rotatable bonds is 7. The van der Waals surface area contributed by atoms with Crippen LogP contribution in [-0.4, -0.2) is 16.7 Å². The second kappa shape index (κ2) is 7.99. The number of nitrogens with zero attached hydrogens (tertiary/aromatic N) is 2. The molecule has 1 N–H and O–H groups in total. The molecule has 3 aromatic rings. The van der Waals surface area contributed by atoms with Crippen LogP contribution in [0.15, 0.2) is 67.1 Å². The molecule has 1 unspecified atom stereocenters. The van der Waals surface area contributed by atoms with E-state index in [1.165, 1.54) is 16.8 Å². The summed E-state index contributed by atoms with van der Waals surface area (Å²) in [7, 11) is 1.70. The SMILES string of the molecule is COc1cccc(C(NCc2cncn2C(C)C)c2ccccc2)c1. The normalized spacial score (nSPS) is 12.3. The van der Waals surface area contributed by atoms with Crippen molar-refractivity contribution in [2.75, 3.05) is 7.11 Å². The zero-order valence-electron chi connectivity index (χ0n) is 15.0. The predicted octanol–water partition coefficient (Wildman–Crippen LogP) is 4.35. The molecule has 0 saturated heterocycles. The highest BCUT2D eigenvalue weighted by Crippen LogP contribution is 2.25. The molecule has 1 aromatic heterocycles. The highest BCUT2D eigenvalue weighted by molar-refractivity contribution is 5.36. The Morgan fingerprint density at radius 1 is 1.04 bits per heavy atom. The van der Waals surface area contributed by atoms with E-state index in [9.17, 15) is 0 Å². The topological polar surface area (TPSA) is 39.1 Å². The Morgan fingerprint density at radius 2 is 1.80 bits per heavy atom. The van der Waals surface area contributed by atoms with Gasteiger partial charge in [-0.1, -0.05) is 42.5 Å². The lowest BCUT2D eigenvalue weighted by molar-refractivity contribution is 0.413. The Kier molecular flexibility index (Phi) is 5.51. The summed E-state index contributed by atoms with van der Waals surface area (Å²) >= 11 is 0. The number of hydrogen-bond acceptors (Lipinski definition) is 3. The predicted molar refractivity (Wildman–Crippen MR) is 101 cm³/mol. The van der Waals surface area contributed by atoms with E-state index >= 15 is 0 Å². The number of benzene rings is 2. The maximum absolute atomic E-state index is 5.40. The molecule has 0 spiro atoms. The first-order valence-corrected chi connectivity index (χ1v) is 8.62. The molecule has 25 heavy (non-hydrogen) atoms. The molecule has 0 saturated carbocycles. The van der Waals surface area contributed by atoms with Crippen LogP contribution < -0.4 is 10.1 Å².